The molecule has 0 bridgehead atoms. The Morgan fingerprint density at radius 2 is 1.90 bits per heavy atom. The molecule has 1 saturated heterocycles. The van der Waals surface area contributed by atoms with Crippen molar-refractivity contribution in [3.63, 3.8) is 0 Å². The van der Waals surface area contributed by atoms with Gasteiger partial charge in [-0.1, -0.05) is 18.5 Å². The van der Waals surface area contributed by atoms with Crippen molar-refractivity contribution in [2.24, 2.45) is 0 Å². The third-order valence-electron chi connectivity index (χ3n) is 3.40. The highest BCUT2D eigenvalue weighted by Gasteiger charge is 2.26. The summed E-state index contributed by atoms with van der Waals surface area (Å²) in [5.74, 6) is 0. The van der Waals surface area contributed by atoms with E-state index in [0.29, 0.717) is 32.7 Å². The average molecular weight is 318 g/mol. The molecule has 7 heteroatoms. The van der Waals surface area contributed by atoms with Crippen molar-refractivity contribution in [1.82, 2.24) is 9.03 Å². The summed E-state index contributed by atoms with van der Waals surface area (Å²) in [6.07, 6.45) is 0. The van der Waals surface area contributed by atoms with Crippen LogP contribution in [0.2, 0.25) is 5.02 Å². The number of benzene rings is 1. The summed E-state index contributed by atoms with van der Waals surface area (Å²) in [4.78, 5) is 2.20. The van der Waals surface area contributed by atoms with Crippen molar-refractivity contribution in [2.45, 2.75) is 13.8 Å². The highest BCUT2D eigenvalue weighted by atomic mass is 35.5. The van der Waals surface area contributed by atoms with Crippen LogP contribution in [0.25, 0.3) is 0 Å². The number of nitrogens with zero attached hydrogens (tertiary/aromatic N) is 2. The van der Waals surface area contributed by atoms with Crippen LogP contribution in [0.4, 0.5) is 5.69 Å². The van der Waals surface area contributed by atoms with Crippen LogP contribution in [0.3, 0.4) is 0 Å². The van der Waals surface area contributed by atoms with Gasteiger partial charge in [0, 0.05) is 43.4 Å². The van der Waals surface area contributed by atoms with Crippen LogP contribution in [0, 0.1) is 6.92 Å². The van der Waals surface area contributed by atoms with Gasteiger partial charge >= 0.3 is 0 Å². The molecule has 0 atom stereocenters. The summed E-state index contributed by atoms with van der Waals surface area (Å²) in [7, 11) is -3.32. The van der Waals surface area contributed by atoms with Crippen LogP contribution in [-0.2, 0) is 10.2 Å². The third-order valence-corrected chi connectivity index (χ3v) is 5.34. The van der Waals surface area contributed by atoms with Gasteiger partial charge in [0.25, 0.3) is 10.2 Å². The average Bonchev–Trinajstić information content (AvgIpc) is 2.39. The van der Waals surface area contributed by atoms with Crippen LogP contribution in [0.1, 0.15) is 12.5 Å². The second kappa shape index (κ2) is 6.30. The lowest BCUT2D eigenvalue weighted by Gasteiger charge is -2.36. The minimum absolute atomic E-state index is 0.416. The summed E-state index contributed by atoms with van der Waals surface area (Å²) in [5.41, 5.74) is 2.23. The maximum absolute atomic E-state index is 11.9. The van der Waals surface area contributed by atoms with Gasteiger partial charge in [0.2, 0.25) is 0 Å². The van der Waals surface area contributed by atoms with E-state index in [0.717, 1.165) is 16.3 Å². The first-order chi connectivity index (χ1) is 9.44. The van der Waals surface area contributed by atoms with Gasteiger partial charge in [-0.25, -0.2) is 4.72 Å². The first-order valence-corrected chi connectivity index (χ1v) is 8.51. The van der Waals surface area contributed by atoms with Crippen molar-refractivity contribution >= 4 is 27.5 Å². The number of hydrogen-bond donors (Lipinski definition) is 1. The van der Waals surface area contributed by atoms with Crippen LogP contribution < -0.4 is 9.62 Å². The molecule has 0 saturated carbocycles. The molecule has 20 heavy (non-hydrogen) atoms. The van der Waals surface area contributed by atoms with Crippen molar-refractivity contribution in [2.75, 3.05) is 37.6 Å². The molecule has 5 nitrogen and oxygen atoms in total. The van der Waals surface area contributed by atoms with E-state index in [9.17, 15) is 8.42 Å². The lowest BCUT2D eigenvalue weighted by molar-refractivity contribution is 0.379. The quantitative estimate of drug-likeness (QED) is 0.918. The Morgan fingerprint density at radius 3 is 2.45 bits per heavy atom. The van der Waals surface area contributed by atoms with Crippen LogP contribution in [-0.4, -0.2) is 45.4 Å². The maximum atomic E-state index is 11.9. The summed E-state index contributed by atoms with van der Waals surface area (Å²) < 4.78 is 27.9. The second-order valence-corrected chi connectivity index (χ2v) is 7.01. The fourth-order valence-electron chi connectivity index (χ4n) is 2.42. The molecule has 0 radical (unpaired) electrons. The normalized spacial score (nSPS) is 17.4. The predicted octanol–water partition coefficient (Wildman–Crippen LogP) is 1.62. The molecule has 1 heterocycles. The van der Waals surface area contributed by atoms with E-state index in [1.54, 1.807) is 6.92 Å². The Kier molecular flexibility index (Phi) is 4.90. The molecule has 0 spiro atoms. The summed E-state index contributed by atoms with van der Waals surface area (Å²) >= 11 is 5.96. The molecule has 1 N–H and O–H groups in total. The minimum Gasteiger partial charge on any atom is -0.369 e. The summed E-state index contributed by atoms with van der Waals surface area (Å²) in [6.45, 7) is 6.58. The monoisotopic (exact) mass is 317 g/mol. The molecule has 1 aromatic rings. The number of piperazine rings is 1. The van der Waals surface area contributed by atoms with Gasteiger partial charge < -0.3 is 4.90 Å². The molecule has 0 aliphatic carbocycles. The fourth-order valence-corrected chi connectivity index (χ4v) is 3.83. The van der Waals surface area contributed by atoms with Crippen molar-refractivity contribution in [3.8, 4) is 0 Å². The van der Waals surface area contributed by atoms with Gasteiger partial charge in [-0.05, 0) is 30.7 Å². The SMILES string of the molecule is CCNS(=O)(=O)N1CCN(c2ccc(Cl)cc2C)CC1. The first kappa shape index (κ1) is 15.6. The largest absolute Gasteiger partial charge is 0.369 e. The molecule has 2 rings (SSSR count). The van der Waals surface area contributed by atoms with Crippen molar-refractivity contribution in [1.29, 1.82) is 0 Å². The third kappa shape index (κ3) is 3.44. The van der Waals surface area contributed by atoms with Crippen LogP contribution >= 0.6 is 11.6 Å². The molecule has 1 aromatic carbocycles. The van der Waals surface area contributed by atoms with Crippen molar-refractivity contribution in [3.05, 3.63) is 28.8 Å². The van der Waals surface area contributed by atoms with Crippen LogP contribution in [0.15, 0.2) is 18.2 Å². The van der Waals surface area contributed by atoms with E-state index in [2.05, 4.69) is 9.62 Å². The van der Waals surface area contributed by atoms with E-state index < -0.39 is 10.2 Å². The van der Waals surface area contributed by atoms with Crippen molar-refractivity contribution < 1.29 is 8.42 Å². The first-order valence-electron chi connectivity index (χ1n) is 6.70. The Balaban J connectivity index is 2.04. The zero-order valence-electron chi connectivity index (χ0n) is 11.8. The number of rotatable bonds is 4. The summed E-state index contributed by atoms with van der Waals surface area (Å²) in [6, 6.07) is 5.79. The molecule has 1 aliphatic heterocycles. The zero-order valence-corrected chi connectivity index (χ0v) is 13.3. The van der Waals surface area contributed by atoms with E-state index in [1.807, 2.05) is 25.1 Å². The van der Waals surface area contributed by atoms with Crippen LogP contribution in [0.5, 0.6) is 0 Å². The standard InChI is InChI=1S/C13H20ClN3O2S/c1-3-15-20(18,19)17-8-6-16(7-9-17)13-5-4-12(14)10-11(13)2/h4-5,10,15H,3,6-9H2,1-2H3. The molecule has 1 aliphatic rings. The van der Waals surface area contributed by atoms with Gasteiger partial charge in [0.15, 0.2) is 0 Å². The zero-order chi connectivity index (χ0) is 14.8. The number of halogens is 1. The molecule has 0 amide bonds. The molecular formula is C13H20ClN3O2S. The highest BCUT2D eigenvalue weighted by Crippen LogP contribution is 2.24. The number of nitrogens with one attached hydrogen (secondary N) is 1. The number of anilines is 1. The molecular weight excluding hydrogens is 298 g/mol. The Morgan fingerprint density at radius 1 is 1.25 bits per heavy atom. The van der Waals surface area contributed by atoms with E-state index in [-0.39, 0.29) is 0 Å². The highest BCUT2D eigenvalue weighted by molar-refractivity contribution is 7.87. The Hall–Kier alpha value is -0.820. The van der Waals surface area contributed by atoms with Gasteiger partial charge in [-0.3, -0.25) is 0 Å². The van der Waals surface area contributed by atoms with E-state index in [4.69, 9.17) is 11.6 Å². The molecule has 1 fully saturated rings. The Labute approximate surface area is 125 Å². The van der Waals surface area contributed by atoms with Gasteiger partial charge in [-0.2, -0.15) is 12.7 Å². The Bertz CT molecular complexity index is 569. The summed E-state index contributed by atoms with van der Waals surface area (Å²) in [5, 5.41) is 0.722. The van der Waals surface area contributed by atoms with E-state index >= 15 is 0 Å². The van der Waals surface area contributed by atoms with Gasteiger partial charge in [0.1, 0.15) is 0 Å². The van der Waals surface area contributed by atoms with E-state index in [1.165, 1.54) is 4.31 Å². The second-order valence-electron chi connectivity index (χ2n) is 4.82. The topological polar surface area (TPSA) is 52.7 Å². The smallest absolute Gasteiger partial charge is 0.279 e. The lowest BCUT2D eigenvalue weighted by atomic mass is 10.1. The predicted molar refractivity (Wildman–Crippen MR) is 82.6 cm³/mol. The molecule has 112 valence electrons. The molecule has 0 aromatic heterocycles. The lowest BCUT2D eigenvalue weighted by Crippen LogP contribution is -2.52. The van der Waals surface area contributed by atoms with Gasteiger partial charge in [0.05, 0.1) is 0 Å². The maximum Gasteiger partial charge on any atom is 0.279 e. The van der Waals surface area contributed by atoms with Gasteiger partial charge in [-0.15, -0.1) is 0 Å². The number of aryl methyl sites for hydroxylation is 1. The molecule has 0 unspecified atom stereocenters. The number of hydrogen-bond acceptors (Lipinski definition) is 3. The minimum atomic E-state index is -3.32. The fraction of sp³-hybridized carbons (Fsp3) is 0.538.